The molecule has 0 saturated carbocycles. The predicted molar refractivity (Wildman–Crippen MR) is 60.6 cm³/mol. The van der Waals surface area contributed by atoms with Crippen LogP contribution in [0.4, 0.5) is 4.39 Å². The van der Waals surface area contributed by atoms with Gasteiger partial charge in [-0.3, -0.25) is 0 Å². The van der Waals surface area contributed by atoms with Gasteiger partial charge in [0.2, 0.25) is 5.83 Å². The van der Waals surface area contributed by atoms with Gasteiger partial charge in [0.25, 0.3) is 0 Å². The van der Waals surface area contributed by atoms with E-state index >= 15 is 0 Å². The highest BCUT2D eigenvalue weighted by Crippen LogP contribution is 2.07. The van der Waals surface area contributed by atoms with Gasteiger partial charge in [0.1, 0.15) is 0 Å². The van der Waals surface area contributed by atoms with Crippen LogP contribution in [0.1, 0.15) is 18.9 Å². The molecule has 0 aliphatic carbocycles. The van der Waals surface area contributed by atoms with E-state index in [2.05, 4.69) is 4.74 Å². The molecule has 2 nitrogen and oxygen atoms in total. The van der Waals surface area contributed by atoms with Gasteiger partial charge < -0.3 is 4.74 Å². The quantitative estimate of drug-likeness (QED) is 0.565. The Morgan fingerprint density at radius 3 is 2.69 bits per heavy atom. The maximum Gasteiger partial charge on any atom is 0.366 e. The zero-order chi connectivity index (χ0) is 11.8. The van der Waals surface area contributed by atoms with Crippen LogP contribution in [0.25, 0.3) is 0 Å². The number of hydrogen-bond acceptors (Lipinski definition) is 2. The van der Waals surface area contributed by atoms with Gasteiger partial charge in [-0.05, 0) is 31.4 Å². The summed E-state index contributed by atoms with van der Waals surface area (Å²) < 4.78 is 17.6. The van der Waals surface area contributed by atoms with Gasteiger partial charge >= 0.3 is 5.97 Å². The van der Waals surface area contributed by atoms with E-state index in [0.29, 0.717) is 12.8 Å². The fourth-order valence-electron chi connectivity index (χ4n) is 1.29. The van der Waals surface area contributed by atoms with Gasteiger partial charge in [0, 0.05) is 0 Å². The number of aryl methyl sites for hydroxylation is 1. The van der Waals surface area contributed by atoms with Gasteiger partial charge in [-0.25, -0.2) is 4.79 Å². The molecule has 1 rings (SSSR count). The van der Waals surface area contributed by atoms with Gasteiger partial charge in [-0.1, -0.05) is 30.3 Å². The number of benzene rings is 1. The van der Waals surface area contributed by atoms with Crippen LogP contribution in [0.5, 0.6) is 0 Å². The average Bonchev–Trinajstić information content (AvgIpc) is 2.30. The van der Waals surface area contributed by atoms with Crippen molar-refractivity contribution in [3.63, 3.8) is 0 Å². The summed E-state index contributed by atoms with van der Waals surface area (Å²) in [4.78, 5) is 10.9. The Kier molecular flexibility index (Phi) is 5.26. The molecule has 16 heavy (non-hydrogen) atoms. The minimum atomic E-state index is -0.879. The summed E-state index contributed by atoms with van der Waals surface area (Å²) in [5.41, 5.74) is 1.12. The number of ether oxygens (including phenoxy) is 1. The minimum absolute atomic E-state index is 0.193. The second-order valence-corrected chi connectivity index (χ2v) is 3.30. The summed E-state index contributed by atoms with van der Waals surface area (Å²) in [6.45, 7) is 1.84. The van der Waals surface area contributed by atoms with Crippen LogP contribution in [0, 0.1) is 0 Å². The fourth-order valence-corrected chi connectivity index (χ4v) is 1.29. The van der Waals surface area contributed by atoms with Crippen molar-refractivity contribution in [1.29, 1.82) is 0 Å². The summed E-state index contributed by atoms with van der Waals surface area (Å²) in [6, 6.07) is 9.73. The van der Waals surface area contributed by atoms with Crippen LogP contribution < -0.4 is 0 Å². The predicted octanol–water partition coefficient (Wildman–Crippen LogP) is 3.04. The SMILES string of the molecule is CCOC(=O)/C(F)=C\CCc1ccccc1. The topological polar surface area (TPSA) is 26.3 Å². The van der Waals surface area contributed by atoms with Crippen molar-refractivity contribution in [2.75, 3.05) is 6.61 Å². The van der Waals surface area contributed by atoms with Crippen LogP contribution >= 0.6 is 0 Å². The van der Waals surface area contributed by atoms with E-state index in [1.54, 1.807) is 6.92 Å². The maximum atomic E-state index is 13.1. The first-order valence-electron chi connectivity index (χ1n) is 5.30. The van der Waals surface area contributed by atoms with E-state index < -0.39 is 11.8 Å². The van der Waals surface area contributed by atoms with Gasteiger partial charge in [0.15, 0.2) is 0 Å². The number of carbonyl (C=O) groups excluding carboxylic acids is 1. The highest BCUT2D eigenvalue weighted by Gasteiger charge is 2.07. The Balaban J connectivity index is 2.39. The van der Waals surface area contributed by atoms with Gasteiger partial charge in [-0.15, -0.1) is 0 Å². The molecule has 0 amide bonds. The lowest BCUT2D eigenvalue weighted by atomic mass is 10.1. The Bertz CT molecular complexity index is 357. The summed E-state index contributed by atoms with van der Waals surface area (Å²) in [6.07, 6.45) is 2.48. The Morgan fingerprint density at radius 1 is 1.38 bits per heavy atom. The van der Waals surface area contributed by atoms with Gasteiger partial charge in [-0.2, -0.15) is 4.39 Å². The molecule has 0 N–H and O–H groups in total. The zero-order valence-electron chi connectivity index (χ0n) is 9.28. The monoisotopic (exact) mass is 222 g/mol. The second-order valence-electron chi connectivity index (χ2n) is 3.30. The molecule has 86 valence electrons. The minimum Gasteiger partial charge on any atom is -0.461 e. The lowest BCUT2D eigenvalue weighted by molar-refractivity contribution is -0.140. The van der Waals surface area contributed by atoms with E-state index in [-0.39, 0.29) is 6.61 Å². The van der Waals surface area contributed by atoms with Crippen LogP contribution in [-0.4, -0.2) is 12.6 Å². The highest BCUT2D eigenvalue weighted by atomic mass is 19.1. The Morgan fingerprint density at radius 2 is 2.06 bits per heavy atom. The van der Waals surface area contributed by atoms with Crippen LogP contribution in [-0.2, 0) is 16.0 Å². The van der Waals surface area contributed by atoms with Crippen molar-refractivity contribution in [3.8, 4) is 0 Å². The molecule has 0 atom stereocenters. The lowest BCUT2D eigenvalue weighted by Gasteiger charge is -1.99. The first-order chi connectivity index (χ1) is 7.74. The largest absolute Gasteiger partial charge is 0.461 e. The third-order valence-corrected chi connectivity index (χ3v) is 2.07. The number of carbonyl (C=O) groups is 1. The molecular formula is C13H15FO2. The van der Waals surface area contributed by atoms with Crippen molar-refractivity contribution in [2.24, 2.45) is 0 Å². The third-order valence-electron chi connectivity index (χ3n) is 2.07. The van der Waals surface area contributed by atoms with Crippen molar-refractivity contribution in [1.82, 2.24) is 0 Å². The zero-order valence-corrected chi connectivity index (χ0v) is 9.28. The molecule has 0 fully saturated rings. The van der Waals surface area contributed by atoms with Crippen molar-refractivity contribution in [3.05, 3.63) is 47.8 Å². The molecule has 0 unspecified atom stereocenters. The molecule has 0 aliphatic heterocycles. The summed E-state index contributed by atoms with van der Waals surface area (Å²) in [7, 11) is 0. The maximum absolute atomic E-state index is 13.1. The van der Waals surface area contributed by atoms with E-state index in [4.69, 9.17) is 0 Å². The molecule has 3 heteroatoms. The fraction of sp³-hybridized carbons (Fsp3) is 0.308. The molecule has 0 saturated heterocycles. The normalized spacial score (nSPS) is 11.2. The number of esters is 1. The van der Waals surface area contributed by atoms with Crippen LogP contribution in [0.3, 0.4) is 0 Å². The molecule has 0 spiro atoms. The first kappa shape index (κ1) is 12.4. The summed E-state index contributed by atoms with van der Waals surface area (Å²) in [5, 5.41) is 0. The van der Waals surface area contributed by atoms with Crippen molar-refractivity contribution < 1.29 is 13.9 Å². The molecule has 0 aliphatic rings. The number of allylic oxidation sites excluding steroid dienone is 1. The molecule has 1 aromatic rings. The van der Waals surface area contributed by atoms with E-state index in [1.807, 2.05) is 30.3 Å². The molecule has 1 aromatic carbocycles. The van der Waals surface area contributed by atoms with E-state index in [0.717, 1.165) is 5.56 Å². The van der Waals surface area contributed by atoms with Crippen molar-refractivity contribution >= 4 is 5.97 Å². The van der Waals surface area contributed by atoms with Crippen molar-refractivity contribution in [2.45, 2.75) is 19.8 Å². The summed E-state index contributed by atoms with van der Waals surface area (Å²) >= 11 is 0. The highest BCUT2D eigenvalue weighted by molar-refractivity contribution is 5.85. The molecule has 0 bridgehead atoms. The first-order valence-corrected chi connectivity index (χ1v) is 5.30. The molecule has 0 heterocycles. The van der Waals surface area contributed by atoms with Crippen LogP contribution in [0.2, 0.25) is 0 Å². The Labute approximate surface area is 94.7 Å². The summed E-state index contributed by atoms with van der Waals surface area (Å²) in [5.74, 6) is -1.69. The molecular weight excluding hydrogens is 207 g/mol. The van der Waals surface area contributed by atoms with Crippen LogP contribution in [0.15, 0.2) is 42.2 Å². The second kappa shape index (κ2) is 6.77. The number of halogens is 1. The number of hydrogen-bond donors (Lipinski definition) is 0. The van der Waals surface area contributed by atoms with E-state index in [1.165, 1.54) is 6.08 Å². The molecule has 0 aromatic heterocycles. The molecule has 0 radical (unpaired) electrons. The van der Waals surface area contributed by atoms with E-state index in [9.17, 15) is 9.18 Å². The Hall–Kier alpha value is -1.64. The smallest absolute Gasteiger partial charge is 0.366 e. The standard InChI is InChI=1S/C13H15FO2/c1-2-16-13(15)12(14)10-6-9-11-7-4-3-5-8-11/h3-5,7-8,10H,2,6,9H2,1H3/b12-10+. The average molecular weight is 222 g/mol. The van der Waals surface area contributed by atoms with Gasteiger partial charge in [0.05, 0.1) is 6.61 Å². The third kappa shape index (κ3) is 4.26. The lowest BCUT2D eigenvalue weighted by Crippen LogP contribution is -2.04. The number of rotatable bonds is 5.